The lowest BCUT2D eigenvalue weighted by molar-refractivity contribution is 0.245. The second kappa shape index (κ2) is 5.89. The highest BCUT2D eigenvalue weighted by Gasteiger charge is 2.19. The third-order valence-corrected chi connectivity index (χ3v) is 2.74. The van der Waals surface area contributed by atoms with Crippen LogP contribution < -0.4 is 15.2 Å². The Morgan fingerprint density at radius 1 is 1.24 bits per heavy atom. The fraction of sp³-hybridized carbons (Fsp3) is 0.538. The summed E-state index contributed by atoms with van der Waals surface area (Å²) in [6, 6.07) is 5.74. The fourth-order valence-corrected chi connectivity index (χ4v) is 1.80. The number of aliphatic hydroxyl groups is 1. The van der Waals surface area contributed by atoms with Crippen molar-refractivity contribution in [1.29, 1.82) is 0 Å². The zero-order valence-corrected chi connectivity index (χ0v) is 10.7. The maximum absolute atomic E-state index is 8.94. The molecule has 0 radical (unpaired) electrons. The van der Waals surface area contributed by atoms with Crippen LogP contribution in [0.5, 0.6) is 11.5 Å². The minimum absolute atomic E-state index is 0.0975. The van der Waals surface area contributed by atoms with Crippen LogP contribution in [0.3, 0.4) is 0 Å². The number of nitrogens with two attached hydrogens (primary N) is 1. The fourth-order valence-electron chi connectivity index (χ4n) is 1.80. The Morgan fingerprint density at radius 3 is 2.41 bits per heavy atom. The van der Waals surface area contributed by atoms with Crippen LogP contribution in [0.25, 0.3) is 0 Å². The van der Waals surface area contributed by atoms with Gasteiger partial charge in [-0.15, -0.1) is 0 Å². The number of hydrogen-bond donors (Lipinski definition) is 2. The van der Waals surface area contributed by atoms with Gasteiger partial charge in [0.05, 0.1) is 14.2 Å². The molecule has 1 aromatic carbocycles. The van der Waals surface area contributed by atoms with Crippen LogP contribution >= 0.6 is 0 Å². The van der Waals surface area contributed by atoms with Gasteiger partial charge < -0.3 is 20.3 Å². The normalized spacial score (nSPS) is 14.2. The largest absolute Gasteiger partial charge is 0.493 e. The highest BCUT2D eigenvalue weighted by Crippen LogP contribution is 2.29. The molecule has 1 unspecified atom stereocenters. The Bertz CT molecular complexity index is 364. The highest BCUT2D eigenvalue weighted by molar-refractivity contribution is 5.43. The highest BCUT2D eigenvalue weighted by atomic mass is 16.5. The van der Waals surface area contributed by atoms with Gasteiger partial charge in [-0.1, -0.05) is 6.07 Å². The maximum Gasteiger partial charge on any atom is 0.160 e. The van der Waals surface area contributed by atoms with Crippen molar-refractivity contribution in [3.63, 3.8) is 0 Å². The van der Waals surface area contributed by atoms with Gasteiger partial charge in [-0.3, -0.25) is 0 Å². The average Bonchev–Trinajstić information content (AvgIpc) is 2.28. The average molecular weight is 239 g/mol. The molecular weight excluding hydrogens is 218 g/mol. The molecule has 0 fully saturated rings. The first-order valence-corrected chi connectivity index (χ1v) is 5.63. The van der Waals surface area contributed by atoms with Gasteiger partial charge in [0.15, 0.2) is 11.5 Å². The van der Waals surface area contributed by atoms with E-state index in [1.165, 1.54) is 0 Å². The number of ether oxygens (including phenoxy) is 2. The second-order valence-electron chi connectivity index (χ2n) is 4.49. The van der Waals surface area contributed by atoms with Gasteiger partial charge in [0, 0.05) is 12.1 Å². The number of aliphatic hydroxyl groups excluding tert-OH is 1. The van der Waals surface area contributed by atoms with Crippen molar-refractivity contribution in [3.05, 3.63) is 23.8 Å². The molecule has 1 rings (SSSR count). The molecular formula is C13H21NO3. The summed E-state index contributed by atoms with van der Waals surface area (Å²) < 4.78 is 10.4. The molecule has 0 saturated heterocycles. The molecule has 0 heterocycles. The van der Waals surface area contributed by atoms with Gasteiger partial charge >= 0.3 is 0 Å². The Morgan fingerprint density at radius 2 is 1.88 bits per heavy atom. The molecule has 0 amide bonds. The predicted octanol–water partition coefficient (Wildman–Crippen LogP) is 1.35. The van der Waals surface area contributed by atoms with E-state index in [1.54, 1.807) is 14.2 Å². The van der Waals surface area contributed by atoms with Crippen LogP contribution in [0.15, 0.2) is 18.2 Å². The van der Waals surface area contributed by atoms with Gasteiger partial charge in [0.25, 0.3) is 0 Å². The van der Waals surface area contributed by atoms with Crippen LogP contribution in [0.1, 0.15) is 18.9 Å². The van der Waals surface area contributed by atoms with E-state index in [9.17, 15) is 0 Å². The van der Waals surface area contributed by atoms with Gasteiger partial charge in [-0.25, -0.2) is 0 Å². The smallest absolute Gasteiger partial charge is 0.160 e. The van der Waals surface area contributed by atoms with Crippen LogP contribution in [-0.2, 0) is 6.42 Å². The SMILES string of the molecule is COc1ccc(CC(C)(N)CCO)cc1OC. The van der Waals surface area contributed by atoms with E-state index in [4.69, 9.17) is 20.3 Å². The third kappa shape index (κ3) is 3.91. The van der Waals surface area contributed by atoms with E-state index in [1.807, 2.05) is 25.1 Å². The molecule has 1 aromatic rings. The molecule has 0 aliphatic carbocycles. The van der Waals surface area contributed by atoms with Crippen molar-refractivity contribution in [2.75, 3.05) is 20.8 Å². The summed E-state index contributed by atoms with van der Waals surface area (Å²) in [7, 11) is 3.22. The number of benzene rings is 1. The summed E-state index contributed by atoms with van der Waals surface area (Å²) >= 11 is 0. The van der Waals surface area contributed by atoms with Gasteiger partial charge in [0.2, 0.25) is 0 Å². The summed E-state index contributed by atoms with van der Waals surface area (Å²) in [5.41, 5.74) is 6.75. The van der Waals surface area contributed by atoms with E-state index in [0.29, 0.717) is 24.3 Å². The van der Waals surface area contributed by atoms with Gasteiger partial charge in [-0.2, -0.15) is 0 Å². The molecule has 96 valence electrons. The van der Waals surface area contributed by atoms with E-state index in [0.717, 1.165) is 5.56 Å². The second-order valence-corrected chi connectivity index (χ2v) is 4.49. The standard InChI is InChI=1S/C13H21NO3/c1-13(14,6-7-15)9-10-4-5-11(16-2)12(8-10)17-3/h4-5,8,15H,6-7,9,14H2,1-3H3. The molecule has 4 heteroatoms. The van der Waals surface area contributed by atoms with E-state index < -0.39 is 5.54 Å². The lowest BCUT2D eigenvalue weighted by atomic mass is 9.91. The predicted molar refractivity (Wildman–Crippen MR) is 67.5 cm³/mol. The maximum atomic E-state index is 8.94. The molecule has 17 heavy (non-hydrogen) atoms. The summed E-state index contributed by atoms with van der Waals surface area (Å²) in [6.07, 6.45) is 1.26. The Kier molecular flexibility index (Phi) is 4.78. The first kappa shape index (κ1) is 13.8. The van der Waals surface area contributed by atoms with Crippen molar-refractivity contribution in [1.82, 2.24) is 0 Å². The van der Waals surface area contributed by atoms with Crippen LogP contribution in [-0.4, -0.2) is 31.5 Å². The number of rotatable bonds is 6. The zero-order chi connectivity index (χ0) is 12.9. The van der Waals surface area contributed by atoms with E-state index in [-0.39, 0.29) is 6.61 Å². The summed E-state index contributed by atoms with van der Waals surface area (Å²) in [5, 5.41) is 8.94. The Balaban J connectivity index is 2.85. The van der Waals surface area contributed by atoms with Crippen molar-refractivity contribution in [2.24, 2.45) is 5.73 Å². The van der Waals surface area contributed by atoms with Gasteiger partial charge in [-0.05, 0) is 37.5 Å². The van der Waals surface area contributed by atoms with Crippen LogP contribution in [0.2, 0.25) is 0 Å². The monoisotopic (exact) mass is 239 g/mol. The third-order valence-electron chi connectivity index (χ3n) is 2.74. The van der Waals surface area contributed by atoms with Crippen molar-refractivity contribution < 1.29 is 14.6 Å². The lowest BCUT2D eigenvalue weighted by Gasteiger charge is -2.24. The molecule has 4 nitrogen and oxygen atoms in total. The molecule has 3 N–H and O–H groups in total. The molecule has 0 bridgehead atoms. The molecule has 1 atom stereocenters. The van der Waals surface area contributed by atoms with Gasteiger partial charge in [0.1, 0.15) is 0 Å². The number of hydrogen-bond acceptors (Lipinski definition) is 4. The van der Waals surface area contributed by atoms with Crippen LogP contribution in [0.4, 0.5) is 0 Å². The van der Waals surface area contributed by atoms with E-state index in [2.05, 4.69) is 0 Å². The summed E-state index contributed by atoms with van der Waals surface area (Å²) in [4.78, 5) is 0. The Hall–Kier alpha value is -1.26. The van der Waals surface area contributed by atoms with E-state index >= 15 is 0 Å². The lowest BCUT2D eigenvalue weighted by Crippen LogP contribution is -2.39. The molecule has 0 spiro atoms. The minimum Gasteiger partial charge on any atom is -0.493 e. The number of methoxy groups -OCH3 is 2. The van der Waals surface area contributed by atoms with Crippen molar-refractivity contribution in [2.45, 2.75) is 25.3 Å². The summed E-state index contributed by atoms with van der Waals surface area (Å²) in [6.45, 7) is 2.03. The minimum atomic E-state index is -0.408. The van der Waals surface area contributed by atoms with Crippen LogP contribution in [0, 0.1) is 0 Å². The summed E-state index contributed by atoms with van der Waals surface area (Å²) in [5.74, 6) is 1.40. The quantitative estimate of drug-likeness (QED) is 0.786. The molecule has 0 aliphatic heterocycles. The first-order valence-electron chi connectivity index (χ1n) is 5.63. The first-order chi connectivity index (χ1) is 8.02. The van der Waals surface area contributed by atoms with Crippen molar-refractivity contribution in [3.8, 4) is 11.5 Å². The topological polar surface area (TPSA) is 64.7 Å². The molecule has 0 aromatic heterocycles. The molecule has 0 aliphatic rings. The van der Waals surface area contributed by atoms with Crippen molar-refractivity contribution >= 4 is 0 Å². The molecule has 0 saturated carbocycles. The zero-order valence-electron chi connectivity index (χ0n) is 10.7. The Labute approximate surface area is 102 Å².